The maximum absolute atomic E-state index is 11.8. The average molecular weight is 241 g/mol. The molecule has 3 N–H and O–H groups in total. The summed E-state index contributed by atoms with van der Waals surface area (Å²) in [6, 6.07) is 1.60. The smallest absolute Gasteiger partial charge is 0.280 e. The highest BCUT2D eigenvalue weighted by Crippen LogP contribution is 2.12. The third-order valence-electron chi connectivity index (χ3n) is 1.91. The highest BCUT2D eigenvalue weighted by molar-refractivity contribution is 7.92. The molecule has 0 unspecified atom stereocenters. The molecular formula is C8H11N5O2S. The summed E-state index contributed by atoms with van der Waals surface area (Å²) in [6.45, 7) is 3.46. The SMILES string of the molecule is Cc1cc(NS(=O)(=O)c2cnc(C)[nH]2)n[nH]1. The summed E-state index contributed by atoms with van der Waals surface area (Å²) in [5, 5.41) is 6.45. The molecule has 0 amide bonds. The van der Waals surface area contributed by atoms with Gasteiger partial charge in [0, 0.05) is 11.8 Å². The number of hydrogen-bond acceptors (Lipinski definition) is 4. The van der Waals surface area contributed by atoms with Crippen LogP contribution >= 0.6 is 0 Å². The second kappa shape index (κ2) is 3.63. The normalized spacial score (nSPS) is 11.6. The molecule has 0 aliphatic heterocycles. The van der Waals surface area contributed by atoms with E-state index in [0.717, 1.165) is 5.69 Å². The Morgan fingerprint density at radius 3 is 2.62 bits per heavy atom. The lowest BCUT2D eigenvalue weighted by Crippen LogP contribution is -2.13. The lowest BCUT2D eigenvalue weighted by Gasteiger charge is -2.01. The maximum atomic E-state index is 11.8. The van der Waals surface area contributed by atoms with E-state index in [1.807, 2.05) is 0 Å². The number of anilines is 1. The topological polar surface area (TPSA) is 104 Å². The molecule has 2 heterocycles. The van der Waals surface area contributed by atoms with Crippen LogP contribution in [0, 0.1) is 13.8 Å². The summed E-state index contributed by atoms with van der Waals surface area (Å²) < 4.78 is 25.9. The zero-order valence-electron chi connectivity index (χ0n) is 8.77. The highest BCUT2D eigenvalue weighted by Gasteiger charge is 2.17. The third-order valence-corrected chi connectivity index (χ3v) is 3.18. The molecule has 2 aromatic rings. The van der Waals surface area contributed by atoms with Gasteiger partial charge in [0.1, 0.15) is 5.82 Å². The van der Waals surface area contributed by atoms with Crippen molar-refractivity contribution < 1.29 is 8.42 Å². The van der Waals surface area contributed by atoms with E-state index in [1.165, 1.54) is 6.20 Å². The van der Waals surface area contributed by atoms with Crippen LogP contribution in [-0.2, 0) is 10.0 Å². The number of imidazole rings is 1. The minimum absolute atomic E-state index is 0.0191. The van der Waals surface area contributed by atoms with E-state index in [1.54, 1.807) is 19.9 Å². The average Bonchev–Trinajstić information content (AvgIpc) is 2.75. The van der Waals surface area contributed by atoms with Gasteiger partial charge in [-0.1, -0.05) is 0 Å². The number of rotatable bonds is 3. The highest BCUT2D eigenvalue weighted by atomic mass is 32.2. The molecule has 0 spiro atoms. The lowest BCUT2D eigenvalue weighted by molar-refractivity contribution is 0.598. The van der Waals surface area contributed by atoms with Crippen molar-refractivity contribution in [2.45, 2.75) is 18.9 Å². The Labute approximate surface area is 92.4 Å². The van der Waals surface area contributed by atoms with Gasteiger partial charge in [-0.25, -0.2) is 4.98 Å². The van der Waals surface area contributed by atoms with Crippen LogP contribution in [0.2, 0.25) is 0 Å². The molecule has 0 aliphatic rings. The number of sulfonamides is 1. The van der Waals surface area contributed by atoms with E-state index in [9.17, 15) is 8.42 Å². The molecule has 0 aromatic carbocycles. The predicted molar refractivity (Wildman–Crippen MR) is 57.5 cm³/mol. The molecule has 0 radical (unpaired) electrons. The first-order valence-electron chi connectivity index (χ1n) is 4.54. The largest absolute Gasteiger partial charge is 0.332 e. The van der Waals surface area contributed by atoms with Gasteiger partial charge >= 0.3 is 0 Å². The van der Waals surface area contributed by atoms with Gasteiger partial charge in [-0.3, -0.25) is 9.82 Å². The molecule has 2 rings (SSSR count). The van der Waals surface area contributed by atoms with E-state index in [0.29, 0.717) is 5.82 Å². The van der Waals surface area contributed by atoms with Crippen LogP contribution in [0.25, 0.3) is 0 Å². The second-order valence-corrected chi connectivity index (χ2v) is 5.03. The van der Waals surface area contributed by atoms with Gasteiger partial charge in [-0.2, -0.15) is 13.5 Å². The van der Waals surface area contributed by atoms with Crippen LogP contribution in [0.4, 0.5) is 5.82 Å². The fourth-order valence-corrected chi connectivity index (χ4v) is 2.16. The molecule has 0 fully saturated rings. The summed E-state index contributed by atoms with van der Waals surface area (Å²) in [7, 11) is -3.63. The van der Waals surface area contributed by atoms with Crippen molar-refractivity contribution in [2.75, 3.05) is 4.72 Å². The molecule has 86 valence electrons. The Hall–Kier alpha value is -1.83. The molecule has 0 bridgehead atoms. The van der Waals surface area contributed by atoms with E-state index in [4.69, 9.17) is 0 Å². The Balaban J connectivity index is 2.27. The quantitative estimate of drug-likeness (QED) is 0.730. The van der Waals surface area contributed by atoms with E-state index in [2.05, 4.69) is 24.9 Å². The molecule has 0 saturated heterocycles. The van der Waals surface area contributed by atoms with Gasteiger partial charge in [0.2, 0.25) is 0 Å². The second-order valence-electron chi connectivity index (χ2n) is 3.37. The Bertz CT molecular complexity index is 597. The summed E-state index contributed by atoms with van der Waals surface area (Å²) in [5.74, 6) is 0.795. The molecule has 0 saturated carbocycles. The number of hydrogen-bond donors (Lipinski definition) is 3. The van der Waals surface area contributed by atoms with Crippen LogP contribution in [-0.4, -0.2) is 28.6 Å². The molecular weight excluding hydrogens is 230 g/mol. The molecule has 7 nitrogen and oxygen atoms in total. The van der Waals surface area contributed by atoms with Gasteiger partial charge in [0.05, 0.1) is 6.20 Å². The zero-order valence-corrected chi connectivity index (χ0v) is 9.59. The number of H-pyrrole nitrogens is 2. The summed E-state index contributed by atoms with van der Waals surface area (Å²) in [4.78, 5) is 6.47. The first kappa shape index (κ1) is 10.7. The molecule has 0 atom stereocenters. The van der Waals surface area contributed by atoms with Gasteiger partial charge in [0.25, 0.3) is 10.0 Å². The van der Waals surface area contributed by atoms with Crippen LogP contribution in [0.15, 0.2) is 17.3 Å². The molecule has 8 heteroatoms. The van der Waals surface area contributed by atoms with Crippen molar-refractivity contribution in [3.05, 3.63) is 23.8 Å². The number of nitrogens with zero attached hydrogens (tertiary/aromatic N) is 2. The fraction of sp³-hybridized carbons (Fsp3) is 0.250. The summed E-state index contributed by atoms with van der Waals surface area (Å²) in [5.41, 5.74) is 0.776. The first-order chi connectivity index (χ1) is 7.47. The Kier molecular flexibility index (Phi) is 2.43. The van der Waals surface area contributed by atoms with Crippen molar-refractivity contribution >= 4 is 15.8 Å². The molecule has 0 aliphatic carbocycles. The van der Waals surface area contributed by atoms with Gasteiger partial charge in [-0.15, -0.1) is 0 Å². The van der Waals surface area contributed by atoms with Crippen molar-refractivity contribution in [3.63, 3.8) is 0 Å². The zero-order chi connectivity index (χ0) is 11.8. The minimum Gasteiger partial charge on any atom is -0.332 e. The number of nitrogens with one attached hydrogen (secondary N) is 3. The molecule has 2 aromatic heterocycles. The van der Waals surface area contributed by atoms with Crippen LogP contribution in [0.3, 0.4) is 0 Å². The molecule has 16 heavy (non-hydrogen) atoms. The predicted octanol–water partition coefficient (Wildman–Crippen LogP) is 0.550. The van der Waals surface area contributed by atoms with Gasteiger partial charge < -0.3 is 4.98 Å². The van der Waals surface area contributed by atoms with E-state index in [-0.39, 0.29) is 10.8 Å². The van der Waals surface area contributed by atoms with Crippen molar-refractivity contribution in [1.29, 1.82) is 0 Å². The summed E-state index contributed by atoms with van der Waals surface area (Å²) >= 11 is 0. The monoisotopic (exact) mass is 241 g/mol. The lowest BCUT2D eigenvalue weighted by atomic mass is 10.5. The maximum Gasteiger partial charge on any atom is 0.280 e. The van der Waals surface area contributed by atoms with Crippen LogP contribution in [0.5, 0.6) is 0 Å². The van der Waals surface area contributed by atoms with E-state index >= 15 is 0 Å². The van der Waals surface area contributed by atoms with Crippen molar-refractivity contribution in [2.24, 2.45) is 0 Å². The van der Waals surface area contributed by atoms with Gasteiger partial charge in [-0.05, 0) is 13.8 Å². The number of aromatic amines is 2. The van der Waals surface area contributed by atoms with Crippen LogP contribution in [0.1, 0.15) is 11.5 Å². The van der Waals surface area contributed by atoms with Gasteiger partial charge in [0.15, 0.2) is 10.8 Å². The number of aromatic nitrogens is 4. The third kappa shape index (κ3) is 2.06. The standard InChI is InChI=1S/C8H11N5O2S/c1-5-3-7(12-11-5)13-16(14,15)8-4-9-6(2)10-8/h3-4H,1-2H3,(H,9,10)(H2,11,12,13). The fourth-order valence-electron chi connectivity index (χ4n) is 1.20. The first-order valence-corrected chi connectivity index (χ1v) is 6.02. The number of aryl methyl sites for hydroxylation is 2. The Morgan fingerprint density at radius 1 is 1.38 bits per heavy atom. The minimum atomic E-state index is -3.63. The summed E-state index contributed by atoms with van der Waals surface area (Å²) in [6.07, 6.45) is 1.26. The van der Waals surface area contributed by atoms with Crippen molar-refractivity contribution in [3.8, 4) is 0 Å². The van der Waals surface area contributed by atoms with E-state index < -0.39 is 10.0 Å². The van der Waals surface area contributed by atoms with Crippen LogP contribution < -0.4 is 4.72 Å². The van der Waals surface area contributed by atoms with Crippen molar-refractivity contribution in [1.82, 2.24) is 20.2 Å². The Morgan fingerprint density at radius 2 is 2.12 bits per heavy atom.